The Morgan fingerprint density at radius 1 is 0.679 bits per heavy atom. The molecule has 1 unspecified atom stereocenters. The van der Waals surface area contributed by atoms with E-state index in [-0.39, 0.29) is 0 Å². The molecule has 2 aliphatic heterocycles. The summed E-state index contributed by atoms with van der Waals surface area (Å²) in [5.41, 5.74) is 0. The van der Waals surface area contributed by atoms with Crippen LogP contribution < -0.4 is 0 Å². The molecule has 1 fully saturated rings. The molecule has 0 aromatic carbocycles. The molecule has 28 heavy (non-hydrogen) atoms. The van der Waals surface area contributed by atoms with Gasteiger partial charge in [0.2, 0.25) is 0 Å². The topological polar surface area (TPSA) is 34.3 Å². The zero-order valence-electron chi connectivity index (χ0n) is 18.7. The summed E-state index contributed by atoms with van der Waals surface area (Å²) in [6.45, 7) is 3.81. The molecule has 0 radical (unpaired) electrons. The standard InChI is InChI=1S/C25H46O3/c1-2-3-4-5-6-7-8-9-10-11-12-13-14-15-16-17-18-19-20-24-25(28-24)27-22-23-21-26-23/h23H,2-22H2,1H3. The van der Waals surface area contributed by atoms with Crippen molar-refractivity contribution < 1.29 is 14.2 Å². The highest BCUT2D eigenvalue weighted by molar-refractivity contribution is 5.11. The van der Waals surface area contributed by atoms with Gasteiger partial charge in [0.25, 0.3) is 0 Å². The van der Waals surface area contributed by atoms with Gasteiger partial charge in [-0.1, -0.05) is 116 Å². The van der Waals surface area contributed by atoms with Crippen LogP contribution in [0, 0.1) is 0 Å². The third kappa shape index (κ3) is 13.5. The maximum atomic E-state index is 5.51. The summed E-state index contributed by atoms with van der Waals surface area (Å²) in [6.07, 6.45) is 27.0. The van der Waals surface area contributed by atoms with Crippen LogP contribution in [0.1, 0.15) is 129 Å². The number of unbranched alkanes of at least 4 members (excludes halogenated alkanes) is 17. The van der Waals surface area contributed by atoms with E-state index in [0.29, 0.717) is 12.7 Å². The van der Waals surface area contributed by atoms with Crippen LogP contribution in [0.2, 0.25) is 0 Å². The van der Waals surface area contributed by atoms with Crippen LogP contribution in [0.3, 0.4) is 0 Å². The van der Waals surface area contributed by atoms with Gasteiger partial charge in [-0.2, -0.15) is 0 Å². The Labute approximate surface area is 174 Å². The molecule has 3 nitrogen and oxygen atoms in total. The molecule has 0 aromatic heterocycles. The van der Waals surface area contributed by atoms with Gasteiger partial charge in [-0.15, -0.1) is 0 Å². The zero-order chi connectivity index (χ0) is 19.7. The summed E-state index contributed by atoms with van der Waals surface area (Å²) in [6, 6.07) is 0. The number of hydrogen-bond acceptors (Lipinski definition) is 3. The van der Waals surface area contributed by atoms with Gasteiger partial charge >= 0.3 is 5.95 Å². The van der Waals surface area contributed by atoms with Crippen molar-refractivity contribution in [1.29, 1.82) is 0 Å². The molecule has 3 heteroatoms. The molecule has 0 spiro atoms. The Kier molecular flexibility index (Phi) is 13.6. The van der Waals surface area contributed by atoms with Crippen LogP contribution in [0.4, 0.5) is 0 Å². The number of ether oxygens (including phenoxy) is 3. The largest absolute Gasteiger partial charge is 0.460 e. The average Bonchev–Trinajstić information content (AvgIpc) is 3.61. The number of epoxide rings is 1. The minimum atomic E-state index is 0.322. The van der Waals surface area contributed by atoms with E-state index in [1.807, 2.05) is 0 Å². The van der Waals surface area contributed by atoms with Gasteiger partial charge < -0.3 is 14.2 Å². The van der Waals surface area contributed by atoms with E-state index in [0.717, 1.165) is 24.7 Å². The summed E-state index contributed by atoms with van der Waals surface area (Å²) in [7, 11) is 0. The van der Waals surface area contributed by atoms with Crippen LogP contribution in [0.5, 0.6) is 0 Å². The Hall–Kier alpha value is -0.700. The Morgan fingerprint density at radius 2 is 1.11 bits per heavy atom. The van der Waals surface area contributed by atoms with Gasteiger partial charge in [0.1, 0.15) is 12.7 Å². The first-order valence-electron chi connectivity index (χ1n) is 12.6. The number of allylic oxidation sites excluding steroid dienone is 1. The van der Waals surface area contributed by atoms with Gasteiger partial charge in [0.05, 0.1) is 6.61 Å². The highest BCUT2D eigenvalue weighted by Crippen LogP contribution is 2.32. The zero-order valence-corrected chi connectivity index (χ0v) is 18.7. The average molecular weight is 395 g/mol. The fourth-order valence-electron chi connectivity index (χ4n) is 3.87. The molecule has 0 amide bonds. The molecule has 1 atom stereocenters. The Bertz CT molecular complexity index is 401. The normalized spacial score (nSPS) is 17.7. The molecular weight excluding hydrogens is 348 g/mol. The smallest absolute Gasteiger partial charge is 0.325 e. The molecule has 2 rings (SSSR count). The number of hydrogen-bond donors (Lipinski definition) is 0. The molecule has 164 valence electrons. The van der Waals surface area contributed by atoms with Gasteiger partial charge in [-0.05, 0) is 6.42 Å². The van der Waals surface area contributed by atoms with Gasteiger partial charge in [-0.25, -0.2) is 0 Å². The fraction of sp³-hybridized carbons (Fsp3) is 0.920. The maximum absolute atomic E-state index is 5.51. The van der Waals surface area contributed by atoms with Crippen molar-refractivity contribution in [2.24, 2.45) is 0 Å². The van der Waals surface area contributed by atoms with Crippen LogP contribution in [0.15, 0.2) is 11.7 Å². The van der Waals surface area contributed by atoms with Crippen molar-refractivity contribution >= 4 is 0 Å². The quantitative estimate of drug-likeness (QED) is 0.138. The van der Waals surface area contributed by atoms with E-state index < -0.39 is 0 Å². The third-order valence-electron chi connectivity index (χ3n) is 5.96. The molecule has 0 aromatic rings. The molecule has 1 saturated heterocycles. The van der Waals surface area contributed by atoms with Gasteiger partial charge in [0, 0.05) is 6.42 Å². The molecule has 0 bridgehead atoms. The lowest BCUT2D eigenvalue weighted by atomic mass is 10.0. The maximum Gasteiger partial charge on any atom is 0.325 e. The van der Waals surface area contributed by atoms with E-state index in [9.17, 15) is 0 Å². The lowest BCUT2D eigenvalue weighted by molar-refractivity contribution is 0.135. The minimum absolute atomic E-state index is 0.322. The SMILES string of the molecule is CCCCCCCCCCCCCCCCCCCCC1=C(OCC2CO2)O1. The van der Waals surface area contributed by atoms with Crippen LogP contribution in [-0.2, 0) is 14.2 Å². The Balaban J connectivity index is 1.19. The summed E-state index contributed by atoms with van der Waals surface area (Å²) < 4.78 is 16.0. The molecular formula is C25H46O3. The summed E-state index contributed by atoms with van der Waals surface area (Å²) in [4.78, 5) is 0. The first kappa shape index (κ1) is 23.6. The third-order valence-corrected chi connectivity index (χ3v) is 5.96. The van der Waals surface area contributed by atoms with Crippen molar-refractivity contribution in [3.63, 3.8) is 0 Å². The monoisotopic (exact) mass is 394 g/mol. The molecule has 0 N–H and O–H groups in total. The van der Waals surface area contributed by atoms with Crippen molar-refractivity contribution in [3.05, 3.63) is 11.7 Å². The van der Waals surface area contributed by atoms with E-state index >= 15 is 0 Å². The van der Waals surface area contributed by atoms with Crippen molar-refractivity contribution in [2.45, 2.75) is 135 Å². The first-order chi connectivity index (χ1) is 13.9. The Morgan fingerprint density at radius 3 is 1.54 bits per heavy atom. The van der Waals surface area contributed by atoms with Crippen LogP contribution in [-0.4, -0.2) is 19.3 Å². The predicted molar refractivity (Wildman–Crippen MR) is 117 cm³/mol. The van der Waals surface area contributed by atoms with Gasteiger partial charge in [-0.3, -0.25) is 0 Å². The number of rotatable bonds is 22. The van der Waals surface area contributed by atoms with Crippen molar-refractivity contribution in [2.75, 3.05) is 13.2 Å². The van der Waals surface area contributed by atoms with Crippen molar-refractivity contribution in [1.82, 2.24) is 0 Å². The van der Waals surface area contributed by atoms with Crippen molar-refractivity contribution in [3.8, 4) is 0 Å². The fourth-order valence-corrected chi connectivity index (χ4v) is 3.87. The first-order valence-corrected chi connectivity index (χ1v) is 12.6. The lowest BCUT2D eigenvalue weighted by Crippen LogP contribution is -1.96. The second-order valence-corrected chi connectivity index (χ2v) is 8.84. The second-order valence-electron chi connectivity index (χ2n) is 8.84. The molecule has 0 saturated carbocycles. The summed E-state index contributed by atoms with van der Waals surface area (Å²) >= 11 is 0. The van der Waals surface area contributed by atoms with Gasteiger partial charge in [0.15, 0.2) is 5.76 Å². The highest BCUT2D eigenvalue weighted by Gasteiger charge is 2.30. The minimum Gasteiger partial charge on any atom is -0.460 e. The van der Waals surface area contributed by atoms with E-state index in [4.69, 9.17) is 14.2 Å². The second kappa shape index (κ2) is 16.1. The lowest BCUT2D eigenvalue weighted by Gasteiger charge is -2.03. The summed E-state index contributed by atoms with van der Waals surface area (Å²) in [5, 5.41) is 0. The van der Waals surface area contributed by atoms with E-state index in [1.165, 1.54) is 116 Å². The molecule has 2 heterocycles. The summed E-state index contributed by atoms with van der Waals surface area (Å²) in [5.74, 6) is 1.86. The molecule has 0 aliphatic carbocycles. The van der Waals surface area contributed by atoms with E-state index in [2.05, 4.69) is 6.92 Å². The van der Waals surface area contributed by atoms with Crippen LogP contribution >= 0.6 is 0 Å². The van der Waals surface area contributed by atoms with E-state index in [1.54, 1.807) is 0 Å². The molecule has 2 aliphatic rings. The van der Waals surface area contributed by atoms with Crippen LogP contribution in [0.25, 0.3) is 0 Å². The highest BCUT2D eigenvalue weighted by atomic mass is 16.7. The predicted octanol–water partition coefficient (Wildman–Crippen LogP) is 8.03.